The first-order chi connectivity index (χ1) is 17.0. The lowest BCUT2D eigenvalue weighted by Crippen LogP contribution is -2.30. The van der Waals surface area contributed by atoms with Crippen LogP contribution in [0.4, 0.5) is 11.4 Å². The number of Topliss-reactive ketones (excluding diaryl/α,β-unsaturated/α-hetero) is 1. The first-order valence-corrected chi connectivity index (χ1v) is 12.3. The highest BCUT2D eigenvalue weighted by atomic mass is 32.2. The molecule has 0 aliphatic heterocycles. The molecule has 0 saturated carbocycles. The number of ketones is 1. The SMILES string of the molecule is COc1ccc(N(C)S(=O)(=O)c2cccc(C(=O)O[C@H](C)C(=O)Nc3cccc(C(C)=O)c3)c2)cc1. The second-order valence-corrected chi connectivity index (χ2v) is 9.84. The third-order valence-electron chi connectivity index (χ3n) is 5.35. The summed E-state index contributed by atoms with van der Waals surface area (Å²) in [6, 6.07) is 18.2. The molecule has 0 heterocycles. The quantitative estimate of drug-likeness (QED) is 0.342. The largest absolute Gasteiger partial charge is 0.497 e. The molecule has 9 nitrogen and oxygen atoms in total. The van der Waals surface area contributed by atoms with Crippen molar-refractivity contribution in [3.8, 4) is 5.75 Å². The Kier molecular flexibility index (Phi) is 8.11. The molecule has 0 spiro atoms. The van der Waals surface area contributed by atoms with Crippen molar-refractivity contribution < 1.29 is 32.3 Å². The highest BCUT2D eigenvalue weighted by Crippen LogP contribution is 2.25. The number of nitrogens with one attached hydrogen (secondary N) is 1. The molecule has 1 amide bonds. The molecule has 0 aromatic heterocycles. The van der Waals surface area contributed by atoms with Crippen LogP contribution in [0.15, 0.2) is 77.7 Å². The van der Waals surface area contributed by atoms with Crippen LogP contribution in [0.2, 0.25) is 0 Å². The number of rotatable bonds is 9. The lowest BCUT2D eigenvalue weighted by molar-refractivity contribution is -0.123. The van der Waals surface area contributed by atoms with E-state index in [2.05, 4.69) is 5.32 Å². The Balaban J connectivity index is 1.72. The molecule has 0 bridgehead atoms. The fourth-order valence-corrected chi connectivity index (χ4v) is 4.46. The number of amides is 1. The first-order valence-electron chi connectivity index (χ1n) is 10.9. The van der Waals surface area contributed by atoms with Gasteiger partial charge in [0.1, 0.15) is 5.75 Å². The van der Waals surface area contributed by atoms with Crippen molar-refractivity contribution in [1.29, 1.82) is 0 Å². The highest BCUT2D eigenvalue weighted by Gasteiger charge is 2.24. The second kappa shape index (κ2) is 11.0. The van der Waals surface area contributed by atoms with E-state index in [-0.39, 0.29) is 16.2 Å². The Labute approximate surface area is 209 Å². The second-order valence-electron chi connectivity index (χ2n) is 7.87. The zero-order chi connectivity index (χ0) is 26.5. The molecule has 3 aromatic rings. The van der Waals surface area contributed by atoms with Crippen LogP contribution in [0.3, 0.4) is 0 Å². The number of methoxy groups -OCH3 is 1. The molecule has 3 aromatic carbocycles. The van der Waals surface area contributed by atoms with Crippen LogP contribution in [0.25, 0.3) is 0 Å². The molecule has 1 N–H and O–H groups in total. The molecule has 0 unspecified atom stereocenters. The van der Waals surface area contributed by atoms with E-state index in [9.17, 15) is 22.8 Å². The molecule has 0 saturated heterocycles. The van der Waals surface area contributed by atoms with Crippen molar-refractivity contribution in [2.75, 3.05) is 23.8 Å². The van der Waals surface area contributed by atoms with Gasteiger partial charge in [-0.3, -0.25) is 13.9 Å². The van der Waals surface area contributed by atoms with Gasteiger partial charge in [-0.1, -0.05) is 18.2 Å². The molecule has 0 radical (unpaired) electrons. The van der Waals surface area contributed by atoms with E-state index in [1.165, 1.54) is 58.3 Å². The number of benzene rings is 3. The summed E-state index contributed by atoms with van der Waals surface area (Å²) < 4.78 is 37.7. The van der Waals surface area contributed by atoms with Crippen LogP contribution in [0.5, 0.6) is 5.75 Å². The van der Waals surface area contributed by atoms with Gasteiger partial charge < -0.3 is 14.8 Å². The zero-order valence-corrected chi connectivity index (χ0v) is 21.0. The van der Waals surface area contributed by atoms with E-state index in [1.807, 2.05) is 0 Å². The van der Waals surface area contributed by atoms with Gasteiger partial charge in [0.25, 0.3) is 15.9 Å². The van der Waals surface area contributed by atoms with E-state index >= 15 is 0 Å². The molecule has 36 heavy (non-hydrogen) atoms. The zero-order valence-electron chi connectivity index (χ0n) is 20.2. The summed E-state index contributed by atoms with van der Waals surface area (Å²) in [4.78, 5) is 36.6. The molecular formula is C26H26N2O7S. The van der Waals surface area contributed by atoms with Crippen molar-refractivity contribution in [2.45, 2.75) is 24.8 Å². The lowest BCUT2D eigenvalue weighted by Gasteiger charge is -2.20. The summed E-state index contributed by atoms with van der Waals surface area (Å²) in [5, 5.41) is 2.59. The minimum atomic E-state index is -3.99. The smallest absolute Gasteiger partial charge is 0.338 e. The van der Waals surface area contributed by atoms with E-state index in [0.717, 1.165) is 4.31 Å². The van der Waals surface area contributed by atoms with Gasteiger partial charge in [0.05, 0.1) is 23.3 Å². The molecule has 188 valence electrons. The van der Waals surface area contributed by atoms with Crippen molar-refractivity contribution in [3.05, 3.63) is 83.9 Å². The maximum absolute atomic E-state index is 13.1. The number of sulfonamides is 1. The molecule has 0 fully saturated rings. The van der Waals surface area contributed by atoms with Crippen LogP contribution in [0, 0.1) is 0 Å². The van der Waals surface area contributed by atoms with Gasteiger partial charge in [-0.15, -0.1) is 0 Å². The molecule has 10 heteroatoms. The van der Waals surface area contributed by atoms with Crippen LogP contribution in [-0.4, -0.2) is 46.3 Å². The van der Waals surface area contributed by atoms with E-state index in [0.29, 0.717) is 22.7 Å². The van der Waals surface area contributed by atoms with Gasteiger partial charge >= 0.3 is 5.97 Å². The average molecular weight is 511 g/mol. The van der Waals surface area contributed by atoms with Crippen molar-refractivity contribution >= 4 is 39.1 Å². The fourth-order valence-electron chi connectivity index (χ4n) is 3.21. The van der Waals surface area contributed by atoms with Crippen molar-refractivity contribution in [2.24, 2.45) is 0 Å². The van der Waals surface area contributed by atoms with Crippen LogP contribution < -0.4 is 14.4 Å². The first kappa shape index (κ1) is 26.4. The monoisotopic (exact) mass is 510 g/mol. The number of hydrogen-bond donors (Lipinski definition) is 1. The van der Waals surface area contributed by atoms with Gasteiger partial charge in [0.15, 0.2) is 11.9 Å². The van der Waals surface area contributed by atoms with Gasteiger partial charge in [0.2, 0.25) is 0 Å². The number of nitrogens with zero attached hydrogens (tertiary/aromatic N) is 1. The number of anilines is 2. The minimum Gasteiger partial charge on any atom is -0.497 e. The van der Waals surface area contributed by atoms with E-state index in [1.54, 1.807) is 42.5 Å². The third kappa shape index (κ3) is 6.08. The minimum absolute atomic E-state index is 0.0302. The van der Waals surface area contributed by atoms with Crippen LogP contribution in [0.1, 0.15) is 34.6 Å². The van der Waals surface area contributed by atoms with Gasteiger partial charge in [0, 0.05) is 18.3 Å². The number of esters is 1. The summed E-state index contributed by atoms with van der Waals surface area (Å²) >= 11 is 0. The van der Waals surface area contributed by atoms with Gasteiger partial charge in [-0.25, -0.2) is 13.2 Å². The fraction of sp³-hybridized carbons (Fsp3) is 0.192. The van der Waals surface area contributed by atoms with E-state index < -0.39 is 28.0 Å². The number of hydrogen-bond acceptors (Lipinski definition) is 7. The number of carbonyl (C=O) groups excluding carboxylic acids is 3. The Morgan fingerprint density at radius 2 is 1.56 bits per heavy atom. The molecule has 3 rings (SSSR count). The van der Waals surface area contributed by atoms with Crippen molar-refractivity contribution in [3.63, 3.8) is 0 Å². The Bertz CT molecular complexity index is 1390. The predicted molar refractivity (Wildman–Crippen MR) is 135 cm³/mol. The van der Waals surface area contributed by atoms with Crippen molar-refractivity contribution in [1.82, 2.24) is 0 Å². The molecule has 1 atom stereocenters. The summed E-state index contributed by atoms with van der Waals surface area (Å²) in [6.45, 7) is 2.80. The van der Waals surface area contributed by atoms with Crippen LogP contribution >= 0.6 is 0 Å². The highest BCUT2D eigenvalue weighted by molar-refractivity contribution is 7.92. The predicted octanol–water partition coefficient (Wildman–Crippen LogP) is 3.91. The third-order valence-corrected chi connectivity index (χ3v) is 7.14. The summed E-state index contributed by atoms with van der Waals surface area (Å²) in [7, 11) is -1.08. The van der Waals surface area contributed by atoms with Crippen LogP contribution in [-0.2, 0) is 19.6 Å². The maximum Gasteiger partial charge on any atom is 0.338 e. The van der Waals surface area contributed by atoms with E-state index in [4.69, 9.17) is 9.47 Å². The van der Waals surface area contributed by atoms with Gasteiger partial charge in [-0.2, -0.15) is 0 Å². The number of ether oxygens (including phenoxy) is 2. The standard InChI is InChI=1S/C26H26N2O7S/c1-17(29)19-7-5-9-21(15-19)27-25(30)18(2)35-26(31)20-8-6-10-24(16-20)36(32,33)28(3)22-11-13-23(34-4)14-12-22/h5-16,18H,1-4H3,(H,27,30)/t18-/m1/s1. The topological polar surface area (TPSA) is 119 Å². The molecular weight excluding hydrogens is 484 g/mol. The number of carbonyl (C=O) groups is 3. The van der Waals surface area contributed by atoms with Gasteiger partial charge in [-0.05, 0) is 68.4 Å². The molecule has 0 aliphatic carbocycles. The Morgan fingerprint density at radius 3 is 2.19 bits per heavy atom. The summed E-state index contributed by atoms with van der Waals surface area (Å²) in [5.41, 5.74) is 1.18. The summed E-state index contributed by atoms with van der Waals surface area (Å²) in [6.07, 6.45) is -1.18. The summed E-state index contributed by atoms with van der Waals surface area (Å²) in [5.74, 6) is -1.04. The normalized spacial score (nSPS) is 11.8. The average Bonchev–Trinajstić information content (AvgIpc) is 2.88. The Morgan fingerprint density at radius 1 is 0.917 bits per heavy atom. The Hall–Kier alpha value is -4.18. The lowest BCUT2D eigenvalue weighted by atomic mass is 10.1. The molecule has 0 aliphatic rings. The maximum atomic E-state index is 13.1.